The molecule has 8 nitrogen and oxygen atoms in total. The number of hydrogen-bond donors (Lipinski definition) is 0. The summed E-state index contributed by atoms with van der Waals surface area (Å²) in [6.45, 7) is 5.62. The number of rotatable bonds is 3. The Hall–Kier alpha value is -2.77. The van der Waals surface area contributed by atoms with Gasteiger partial charge in [0.2, 0.25) is 0 Å². The lowest BCUT2D eigenvalue weighted by atomic mass is 9.96. The van der Waals surface area contributed by atoms with Crippen LogP contribution in [0.1, 0.15) is 54.8 Å². The number of likely N-dealkylation sites (tertiary alicyclic amines) is 1. The summed E-state index contributed by atoms with van der Waals surface area (Å²) in [5, 5.41) is 12.6. The fourth-order valence-corrected chi connectivity index (χ4v) is 3.46. The Morgan fingerprint density at radius 2 is 2.24 bits per heavy atom. The van der Waals surface area contributed by atoms with E-state index < -0.39 is 0 Å². The zero-order valence-corrected chi connectivity index (χ0v) is 14.4. The third kappa shape index (κ3) is 2.77. The van der Waals surface area contributed by atoms with Crippen molar-refractivity contribution >= 4 is 11.6 Å². The topological polar surface area (TPSA) is 81.2 Å². The van der Waals surface area contributed by atoms with Crippen molar-refractivity contribution in [1.29, 1.82) is 0 Å². The maximum atomic E-state index is 13.0. The SMILES string of the molecule is CC(C)n1cnnc1[C@H]1CCCN(C(=O)c2cnn3cccnc23)C1. The molecule has 0 radical (unpaired) electrons. The van der Waals surface area contributed by atoms with Crippen molar-refractivity contribution in [2.75, 3.05) is 13.1 Å². The molecule has 1 aliphatic heterocycles. The van der Waals surface area contributed by atoms with E-state index in [2.05, 4.69) is 38.7 Å². The van der Waals surface area contributed by atoms with Crippen LogP contribution in [0.5, 0.6) is 0 Å². The number of piperidine rings is 1. The van der Waals surface area contributed by atoms with Crippen LogP contribution >= 0.6 is 0 Å². The van der Waals surface area contributed by atoms with Crippen LogP contribution in [0.4, 0.5) is 0 Å². The zero-order chi connectivity index (χ0) is 17.4. The van der Waals surface area contributed by atoms with Crippen LogP contribution in [0.25, 0.3) is 5.65 Å². The van der Waals surface area contributed by atoms with E-state index in [1.54, 1.807) is 35.5 Å². The maximum absolute atomic E-state index is 13.0. The first-order valence-corrected chi connectivity index (χ1v) is 8.62. The lowest BCUT2D eigenvalue weighted by Gasteiger charge is -2.32. The van der Waals surface area contributed by atoms with E-state index in [0.717, 1.165) is 25.2 Å². The van der Waals surface area contributed by atoms with Gasteiger partial charge in [-0.1, -0.05) is 0 Å². The van der Waals surface area contributed by atoms with E-state index in [-0.39, 0.29) is 11.8 Å². The van der Waals surface area contributed by atoms with Crippen LogP contribution in [0.3, 0.4) is 0 Å². The molecule has 130 valence electrons. The summed E-state index contributed by atoms with van der Waals surface area (Å²) in [5.74, 6) is 1.15. The summed E-state index contributed by atoms with van der Waals surface area (Å²) in [6.07, 6.45) is 8.82. The minimum atomic E-state index is -0.0194. The van der Waals surface area contributed by atoms with Gasteiger partial charge < -0.3 is 9.47 Å². The van der Waals surface area contributed by atoms with Gasteiger partial charge in [0.05, 0.1) is 6.20 Å². The average Bonchev–Trinajstić information content (AvgIpc) is 3.28. The Bertz CT molecular complexity index is 897. The van der Waals surface area contributed by atoms with Crippen LogP contribution in [-0.4, -0.2) is 53.3 Å². The first-order chi connectivity index (χ1) is 12.1. The molecule has 1 aliphatic rings. The van der Waals surface area contributed by atoms with Crippen molar-refractivity contribution < 1.29 is 4.79 Å². The quantitative estimate of drug-likeness (QED) is 0.728. The van der Waals surface area contributed by atoms with Gasteiger partial charge in [0.1, 0.15) is 17.7 Å². The van der Waals surface area contributed by atoms with Crippen molar-refractivity contribution in [3.63, 3.8) is 0 Å². The van der Waals surface area contributed by atoms with E-state index in [9.17, 15) is 4.79 Å². The first kappa shape index (κ1) is 15.7. The maximum Gasteiger partial charge on any atom is 0.259 e. The number of fused-ring (bicyclic) bond motifs is 1. The molecule has 1 atom stereocenters. The third-order valence-electron chi connectivity index (χ3n) is 4.74. The van der Waals surface area contributed by atoms with Gasteiger partial charge in [-0.3, -0.25) is 4.79 Å². The Morgan fingerprint density at radius 1 is 1.36 bits per heavy atom. The molecule has 0 aliphatic carbocycles. The smallest absolute Gasteiger partial charge is 0.259 e. The van der Waals surface area contributed by atoms with Crippen molar-refractivity contribution in [1.82, 2.24) is 34.3 Å². The van der Waals surface area contributed by atoms with Gasteiger partial charge in [-0.05, 0) is 32.8 Å². The predicted octanol–water partition coefficient (Wildman–Crippen LogP) is 1.92. The summed E-state index contributed by atoms with van der Waals surface area (Å²) in [7, 11) is 0. The monoisotopic (exact) mass is 339 g/mol. The van der Waals surface area contributed by atoms with Gasteiger partial charge in [0.15, 0.2) is 5.65 Å². The van der Waals surface area contributed by atoms with Gasteiger partial charge >= 0.3 is 0 Å². The van der Waals surface area contributed by atoms with E-state index >= 15 is 0 Å². The molecule has 0 N–H and O–H groups in total. The van der Waals surface area contributed by atoms with E-state index in [0.29, 0.717) is 23.8 Å². The number of amides is 1. The molecular formula is C17H21N7O. The summed E-state index contributed by atoms with van der Waals surface area (Å²) < 4.78 is 3.72. The van der Waals surface area contributed by atoms with Crippen LogP contribution in [0.2, 0.25) is 0 Å². The summed E-state index contributed by atoms with van der Waals surface area (Å²) in [5.41, 5.74) is 1.14. The molecule has 4 heterocycles. The largest absolute Gasteiger partial charge is 0.338 e. The molecule has 3 aromatic rings. The molecule has 1 saturated heterocycles. The number of carbonyl (C=O) groups excluding carboxylic acids is 1. The van der Waals surface area contributed by atoms with Crippen LogP contribution < -0.4 is 0 Å². The van der Waals surface area contributed by atoms with Crippen molar-refractivity contribution in [3.05, 3.63) is 42.4 Å². The summed E-state index contributed by atoms with van der Waals surface area (Å²) in [4.78, 5) is 19.2. The molecule has 4 rings (SSSR count). The minimum absolute atomic E-state index is 0.0194. The van der Waals surface area contributed by atoms with Crippen LogP contribution in [-0.2, 0) is 0 Å². The fraction of sp³-hybridized carbons (Fsp3) is 0.471. The fourth-order valence-electron chi connectivity index (χ4n) is 3.46. The standard InChI is InChI=1S/C17H21N7O/c1-12(2)23-11-19-21-15(23)13-5-3-7-22(10-13)17(25)14-9-20-24-8-4-6-18-16(14)24/h4,6,8-9,11-13H,3,5,7,10H2,1-2H3/t13-/m0/s1. The molecule has 0 unspecified atom stereocenters. The second-order valence-electron chi connectivity index (χ2n) is 6.73. The highest BCUT2D eigenvalue weighted by molar-refractivity contribution is 5.99. The van der Waals surface area contributed by atoms with Gasteiger partial charge in [-0.25, -0.2) is 9.50 Å². The van der Waals surface area contributed by atoms with Gasteiger partial charge in [0.25, 0.3) is 5.91 Å². The highest BCUT2D eigenvalue weighted by Gasteiger charge is 2.30. The van der Waals surface area contributed by atoms with E-state index in [1.165, 1.54) is 0 Å². The number of aromatic nitrogens is 6. The summed E-state index contributed by atoms with van der Waals surface area (Å²) >= 11 is 0. The van der Waals surface area contributed by atoms with E-state index in [4.69, 9.17) is 0 Å². The summed E-state index contributed by atoms with van der Waals surface area (Å²) in [6, 6.07) is 2.10. The average molecular weight is 339 g/mol. The zero-order valence-electron chi connectivity index (χ0n) is 14.4. The Kier molecular flexibility index (Phi) is 3.95. The van der Waals surface area contributed by atoms with Crippen LogP contribution in [0, 0.1) is 0 Å². The van der Waals surface area contributed by atoms with Crippen molar-refractivity contribution in [2.45, 2.75) is 38.6 Å². The first-order valence-electron chi connectivity index (χ1n) is 8.62. The molecule has 8 heteroatoms. The molecule has 0 saturated carbocycles. The van der Waals surface area contributed by atoms with Crippen molar-refractivity contribution in [2.24, 2.45) is 0 Å². The van der Waals surface area contributed by atoms with Crippen LogP contribution in [0.15, 0.2) is 31.0 Å². The molecule has 0 bridgehead atoms. The predicted molar refractivity (Wildman–Crippen MR) is 91.3 cm³/mol. The highest BCUT2D eigenvalue weighted by Crippen LogP contribution is 2.28. The minimum Gasteiger partial charge on any atom is -0.338 e. The van der Waals surface area contributed by atoms with Gasteiger partial charge in [-0.2, -0.15) is 5.10 Å². The molecular weight excluding hydrogens is 318 g/mol. The Morgan fingerprint density at radius 3 is 3.08 bits per heavy atom. The van der Waals surface area contributed by atoms with Gasteiger partial charge in [-0.15, -0.1) is 10.2 Å². The molecule has 25 heavy (non-hydrogen) atoms. The lowest BCUT2D eigenvalue weighted by molar-refractivity contribution is 0.0704. The second kappa shape index (κ2) is 6.27. The molecule has 0 aromatic carbocycles. The van der Waals surface area contributed by atoms with E-state index in [1.807, 2.05) is 4.90 Å². The molecule has 1 fully saturated rings. The van der Waals surface area contributed by atoms with Gasteiger partial charge in [0, 0.05) is 37.4 Å². The third-order valence-corrected chi connectivity index (χ3v) is 4.74. The highest BCUT2D eigenvalue weighted by atomic mass is 16.2. The second-order valence-corrected chi connectivity index (χ2v) is 6.73. The number of hydrogen-bond acceptors (Lipinski definition) is 5. The Labute approximate surface area is 145 Å². The normalized spacial score (nSPS) is 18.2. The Balaban J connectivity index is 1.59. The molecule has 3 aromatic heterocycles. The molecule has 0 spiro atoms. The molecule has 1 amide bonds. The number of carbonyl (C=O) groups is 1. The number of nitrogens with zero attached hydrogens (tertiary/aromatic N) is 7. The van der Waals surface area contributed by atoms with Crippen molar-refractivity contribution in [3.8, 4) is 0 Å². The lowest BCUT2D eigenvalue weighted by Crippen LogP contribution is -2.39.